The number of aryl methyl sites for hydroxylation is 2. The van der Waals surface area contributed by atoms with Crippen molar-refractivity contribution in [1.29, 1.82) is 0 Å². The van der Waals surface area contributed by atoms with Crippen molar-refractivity contribution >= 4 is 17.4 Å². The third-order valence-electron chi connectivity index (χ3n) is 6.33. The fraction of sp³-hybridized carbons (Fsp3) is 0.565. The average Bonchev–Trinajstić information content (AvgIpc) is 2.80. The van der Waals surface area contributed by atoms with Crippen LogP contribution in [0.15, 0.2) is 23.3 Å². The number of aliphatic hydroxyl groups excluding tert-OH is 1. The number of piperazine rings is 1. The predicted molar refractivity (Wildman–Crippen MR) is 125 cm³/mol. The lowest BCUT2D eigenvalue weighted by atomic mass is 9.95. The Bertz CT molecular complexity index is 1060. The summed E-state index contributed by atoms with van der Waals surface area (Å²) in [7, 11) is 0. The third-order valence-corrected chi connectivity index (χ3v) is 6.33. The molecule has 2 aliphatic heterocycles. The molecule has 1 saturated heterocycles. The summed E-state index contributed by atoms with van der Waals surface area (Å²) < 4.78 is 5.59. The first-order valence-electron chi connectivity index (χ1n) is 11.4. The van der Waals surface area contributed by atoms with Gasteiger partial charge in [0.15, 0.2) is 6.10 Å². The molecule has 10 nitrogen and oxygen atoms in total. The van der Waals surface area contributed by atoms with Crippen LogP contribution in [0.1, 0.15) is 30.0 Å². The van der Waals surface area contributed by atoms with Gasteiger partial charge in [0.05, 0.1) is 25.1 Å². The molecule has 0 aliphatic carbocycles. The van der Waals surface area contributed by atoms with Crippen LogP contribution in [0.3, 0.4) is 0 Å². The number of hydrogen-bond donors (Lipinski definition) is 3. The van der Waals surface area contributed by atoms with Crippen LogP contribution >= 0.6 is 0 Å². The Kier molecular flexibility index (Phi) is 6.94. The number of carbonyl (C=O) groups excluding carboxylic acids is 1. The molecule has 0 unspecified atom stereocenters. The number of carbonyl (C=O) groups is 1. The summed E-state index contributed by atoms with van der Waals surface area (Å²) in [6.07, 6.45) is 4.15. The van der Waals surface area contributed by atoms with Crippen molar-refractivity contribution in [2.45, 2.75) is 51.8 Å². The van der Waals surface area contributed by atoms with Crippen LogP contribution in [0.2, 0.25) is 0 Å². The number of amides is 1. The second kappa shape index (κ2) is 9.88. The van der Waals surface area contributed by atoms with Gasteiger partial charge in [0.2, 0.25) is 0 Å². The maximum Gasteiger partial charge on any atom is 0.269 e. The summed E-state index contributed by atoms with van der Waals surface area (Å²) in [5, 5.41) is 19.8. The van der Waals surface area contributed by atoms with Gasteiger partial charge < -0.3 is 25.0 Å². The number of aliphatic hydroxyl groups is 1. The van der Waals surface area contributed by atoms with Gasteiger partial charge in [-0.2, -0.15) is 5.10 Å². The maximum absolute atomic E-state index is 12.8. The molecule has 0 saturated carbocycles. The van der Waals surface area contributed by atoms with Gasteiger partial charge in [-0.05, 0) is 44.7 Å². The first-order chi connectivity index (χ1) is 15.8. The molecule has 178 valence electrons. The molecule has 3 atom stereocenters. The summed E-state index contributed by atoms with van der Waals surface area (Å²) in [5.74, 6) is 0.729. The van der Waals surface area contributed by atoms with Crippen molar-refractivity contribution in [3.05, 3.63) is 45.5 Å². The number of ether oxygens (including phenoxy) is 1. The van der Waals surface area contributed by atoms with E-state index in [1.807, 2.05) is 13.1 Å². The van der Waals surface area contributed by atoms with Gasteiger partial charge in [0.25, 0.3) is 11.5 Å². The number of H-pyrrole nitrogens is 1. The van der Waals surface area contributed by atoms with E-state index in [9.17, 15) is 14.7 Å². The number of fused-ring (bicyclic) bond motifs is 3. The molecule has 3 N–H and O–H groups in total. The van der Waals surface area contributed by atoms with Crippen LogP contribution in [0.5, 0.6) is 0 Å². The van der Waals surface area contributed by atoms with Gasteiger partial charge in [-0.15, -0.1) is 0 Å². The lowest BCUT2D eigenvalue weighted by molar-refractivity contribution is -0.144. The Labute approximate surface area is 193 Å². The van der Waals surface area contributed by atoms with Crippen LogP contribution < -0.4 is 15.8 Å². The van der Waals surface area contributed by atoms with E-state index in [4.69, 9.17) is 4.74 Å². The molecule has 4 rings (SSSR count). The van der Waals surface area contributed by atoms with Crippen molar-refractivity contribution in [2.75, 3.05) is 43.1 Å². The quantitative estimate of drug-likeness (QED) is 0.554. The molecule has 0 spiro atoms. The first kappa shape index (κ1) is 23.2. The summed E-state index contributed by atoms with van der Waals surface area (Å²) in [4.78, 5) is 33.1. The summed E-state index contributed by atoms with van der Waals surface area (Å²) in [5.41, 5.74) is 3.36. The van der Waals surface area contributed by atoms with Crippen molar-refractivity contribution in [3.63, 3.8) is 0 Å². The van der Waals surface area contributed by atoms with E-state index in [1.54, 1.807) is 18.0 Å². The number of nitrogens with zero attached hydrogens (tertiary/aromatic N) is 4. The molecule has 2 aromatic heterocycles. The van der Waals surface area contributed by atoms with Crippen LogP contribution in [0, 0.1) is 13.8 Å². The minimum atomic E-state index is -1.21. The van der Waals surface area contributed by atoms with E-state index in [0.29, 0.717) is 30.9 Å². The molecule has 0 radical (unpaired) electrons. The minimum absolute atomic E-state index is 0.0774. The smallest absolute Gasteiger partial charge is 0.269 e. The summed E-state index contributed by atoms with van der Waals surface area (Å²) >= 11 is 0. The van der Waals surface area contributed by atoms with Gasteiger partial charge in [-0.25, -0.2) is 10.1 Å². The standard InChI is InChI=1S/C23H32N6O4/c1-14-8-17-4-5-18-11-28(6-7-29(18)21(17)24-9-14)23(32)20(30)13-33-12-15(2)26-19-10-25-27-22(31)16(19)3/h8-10,15,18,20,30H,4-7,11-13H2,1-3H3,(H2,26,27,31)/t15-,18+,20-/m0/s1. The number of aromatic amines is 1. The van der Waals surface area contributed by atoms with E-state index in [0.717, 1.165) is 24.2 Å². The average molecular weight is 457 g/mol. The highest BCUT2D eigenvalue weighted by Crippen LogP contribution is 2.31. The monoisotopic (exact) mass is 456 g/mol. The van der Waals surface area contributed by atoms with E-state index in [2.05, 4.69) is 38.4 Å². The molecular formula is C23H32N6O4. The largest absolute Gasteiger partial charge is 0.381 e. The second-order valence-corrected chi connectivity index (χ2v) is 9.00. The lowest BCUT2D eigenvalue weighted by Crippen LogP contribution is -2.58. The topological polar surface area (TPSA) is 124 Å². The Morgan fingerprint density at radius 3 is 2.97 bits per heavy atom. The molecule has 1 fully saturated rings. The van der Waals surface area contributed by atoms with Crippen LogP contribution in [-0.4, -0.2) is 82.1 Å². The van der Waals surface area contributed by atoms with Crippen molar-refractivity contribution < 1.29 is 14.6 Å². The number of aromatic nitrogens is 3. The molecule has 2 aromatic rings. The molecular weight excluding hydrogens is 424 g/mol. The SMILES string of the molecule is Cc1cnc2c(c1)CC[C@@H]1CN(C(=O)[C@@H](O)COC[C@H](C)Nc3cn[nH]c(=O)c3C)CCN21. The van der Waals surface area contributed by atoms with E-state index in [1.165, 1.54) is 5.56 Å². The fourth-order valence-electron chi connectivity index (χ4n) is 4.52. The number of anilines is 2. The normalized spacial score (nSPS) is 19.5. The van der Waals surface area contributed by atoms with Crippen molar-refractivity contribution in [2.24, 2.45) is 0 Å². The van der Waals surface area contributed by atoms with Gasteiger partial charge in [-0.3, -0.25) is 9.59 Å². The number of nitrogens with one attached hydrogen (secondary N) is 2. The van der Waals surface area contributed by atoms with E-state index < -0.39 is 6.10 Å². The van der Waals surface area contributed by atoms with Gasteiger partial charge >= 0.3 is 0 Å². The molecule has 4 heterocycles. The van der Waals surface area contributed by atoms with Crippen LogP contribution in [0.25, 0.3) is 0 Å². The van der Waals surface area contributed by atoms with Crippen LogP contribution in [0.4, 0.5) is 11.5 Å². The number of hydrogen-bond acceptors (Lipinski definition) is 8. The Hall–Kier alpha value is -2.98. The molecule has 0 aromatic carbocycles. The number of rotatable bonds is 7. The predicted octanol–water partition coefficient (Wildman–Crippen LogP) is 0.623. The Morgan fingerprint density at radius 1 is 1.33 bits per heavy atom. The molecule has 2 aliphatic rings. The van der Waals surface area contributed by atoms with Crippen molar-refractivity contribution in [1.82, 2.24) is 20.1 Å². The highest BCUT2D eigenvalue weighted by molar-refractivity contribution is 5.81. The number of pyridine rings is 1. The zero-order chi connectivity index (χ0) is 23.5. The molecule has 1 amide bonds. The Morgan fingerprint density at radius 2 is 2.15 bits per heavy atom. The highest BCUT2D eigenvalue weighted by atomic mass is 16.5. The van der Waals surface area contributed by atoms with E-state index >= 15 is 0 Å². The maximum atomic E-state index is 12.8. The molecule has 10 heteroatoms. The minimum Gasteiger partial charge on any atom is -0.381 e. The zero-order valence-electron chi connectivity index (χ0n) is 19.4. The zero-order valence-corrected chi connectivity index (χ0v) is 19.4. The summed E-state index contributed by atoms with van der Waals surface area (Å²) in [6.45, 7) is 7.69. The fourth-order valence-corrected chi connectivity index (χ4v) is 4.52. The van der Waals surface area contributed by atoms with Gasteiger partial charge in [0, 0.05) is 43.5 Å². The van der Waals surface area contributed by atoms with Gasteiger partial charge in [-0.1, -0.05) is 6.07 Å². The summed E-state index contributed by atoms with van der Waals surface area (Å²) in [6, 6.07) is 2.28. The molecule has 33 heavy (non-hydrogen) atoms. The highest BCUT2D eigenvalue weighted by Gasteiger charge is 2.35. The second-order valence-electron chi connectivity index (χ2n) is 9.00. The van der Waals surface area contributed by atoms with Crippen molar-refractivity contribution in [3.8, 4) is 0 Å². The van der Waals surface area contributed by atoms with Gasteiger partial charge in [0.1, 0.15) is 5.82 Å². The third kappa shape index (κ3) is 5.17. The van der Waals surface area contributed by atoms with Crippen LogP contribution in [-0.2, 0) is 16.0 Å². The van der Waals surface area contributed by atoms with E-state index in [-0.39, 0.29) is 36.8 Å². The molecule has 0 bridgehead atoms. The Balaban J connectivity index is 1.25. The lowest BCUT2D eigenvalue weighted by Gasteiger charge is -2.45. The first-order valence-corrected chi connectivity index (χ1v) is 11.4.